The first-order valence-electron chi connectivity index (χ1n) is 8.90. The molecule has 1 unspecified atom stereocenters. The van der Waals surface area contributed by atoms with Crippen LogP contribution >= 0.6 is 11.3 Å². The summed E-state index contributed by atoms with van der Waals surface area (Å²) in [5.41, 5.74) is 2.09. The second-order valence-electron chi connectivity index (χ2n) is 6.60. The molecule has 0 saturated carbocycles. The van der Waals surface area contributed by atoms with Crippen LogP contribution in [-0.2, 0) is 11.2 Å². The van der Waals surface area contributed by atoms with Crippen molar-refractivity contribution >= 4 is 34.1 Å². The van der Waals surface area contributed by atoms with E-state index in [1.165, 1.54) is 11.3 Å². The lowest BCUT2D eigenvalue weighted by molar-refractivity contribution is -0.132. The number of aromatic amines is 1. The Morgan fingerprint density at radius 2 is 1.96 bits per heavy atom. The number of thiophene rings is 1. The highest BCUT2D eigenvalue weighted by molar-refractivity contribution is 7.12. The van der Waals surface area contributed by atoms with E-state index < -0.39 is 6.04 Å². The van der Waals surface area contributed by atoms with E-state index in [1.54, 1.807) is 6.07 Å². The number of carbonyl (C=O) groups is 2. The van der Waals surface area contributed by atoms with Crippen molar-refractivity contribution in [2.24, 2.45) is 0 Å². The third-order valence-corrected chi connectivity index (χ3v) is 5.73. The number of fused-ring (bicyclic) bond motifs is 1. The minimum Gasteiger partial charge on any atom is -0.361 e. The maximum Gasteiger partial charge on any atom is 0.262 e. The van der Waals surface area contributed by atoms with E-state index in [9.17, 15) is 9.59 Å². The first-order chi connectivity index (χ1) is 12.7. The van der Waals surface area contributed by atoms with Crippen molar-refractivity contribution in [2.75, 3.05) is 13.1 Å². The summed E-state index contributed by atoms with van der Waals surface area (Å²) >= 11 is 1.38. The molecule has 0 radical (unpaired) electrons. The summed E-state index contributed by atoms with van der Waals surface area (Å²) in [4.78, 5) is 31.3. The summed E-state index contributed by atoms with van der Waals surface area (Å²) < 4.78 is 0. The van der Waals surface area contributed by atoms with Gasteiger partial charge in [0, 0.05) is 36.6 Å². The molecule has 2 amide bonds. The van der Waals surface area contributed by atoms with Crippen molar-refractivity contribution in [1.82, 2.24) is 15.2 Å². The lowest BCUT2D eigenvalue weighted by atomic mass is 10.0. The summed E-state index contributed by atoms with van der Waals surface area (Å²) in [5, 5.41) is 5.93. The molecule has 1 atom stereocenters. The Hall–Kier alpha value is -2.60. The van der Waals surface area contributed by atoms with E-state index in [0.29, 0.717) is 11.3 Å². The number of benzene rings is 1. The van der Waals surface area contributed by atoms with Gasteiger partial charge in [0.25, 0.3) is 5.91 Å². The molecular weight excluding hydrogens is 346 g/mol. The van der Waals surface area contributed by atoms with Crippen LogP contribution in [0.15, 0.2) is 48.0 Å². The summed E-state index contributed by atoms with van der Waals surface area (Å²) in [6.07, 6.45) is 4.48. The molecule has 1 aliphatic rings. The van der Waals surface area contributed by atoms with E-state index in [0.717, 1.165) is 42.4 Å². The second-order valence-corrected chi connectivity index (χ2v) is 7.55. The summed E-state index contributed by atoms with van der Waals surface area (Å²) in [6, 6.07) is 11.1. The van der Waals surface area contributed by atoms with Crippen LogP contribution in [0.5, 0.6) is 0 Å². The minimum absolute atomic E-state index is 0.0117. The Labute approximate surface area is 156 Å². The molecule has 0 bridgehead atoms. The van der Waals surface area contributed by atoms with Crippen molar-refractivity contribution in [2.45, 2.75) is 25.3 Å². The van der Waals surface area contributed by atoms with Crippen LogP contribution in [-0.4, -0.2) is 40.8 Å². The second kappa shape index (κ2) is 7.33. The summed E-state index contributed by atoms with van der Waals surface area (Å²) in [7, 11) is 0. The van der Waals surface area contributed by atoms with Gasteiger partial charge in [0.05, 0.1) is 4.88 Å². The quantitative estimate of drug-likeness (QED) is 0.727. The van der Waals surface area contributed by atoms with Crippen LogP contribution in [0.2, 0.25) is 0 Å². The molecule has 134 valence electrons. The Morgan fingerprint density at radius 1 is 1.15 bits per heavy atom. The average Bonchev–Trinajstić information content (AvgIpc) is 3.41. The zero-order chi connectivity index (χ0) is 17.9. The Morgan fingerprint density at radius 3 is 2.73 bits per heavy atom. The number of carbonyl (C=O) groups excluding carboxylic acids is 2. The number of amides is 2. The van der Waals surface area contributed by atoms with Gasteiger partial charge in [-0.15, -0.1) is 11.3 Å². The Bertz CT molecular complexity index is 910. The fraction of sp³-hybridized carbons (Fsp3) is 0.300. The molecule has 5 nitrogen and oxygen atoms in total. The molecule has 0 aliphatic carbocycles. The van der Waals surface area contributed by atoms with Gasteiger partial charge in [-0.2, -0.15) is 0 Å². The predicted molar refractivity (Wildman–Crippen MR) is 103 cm³/mol. The zero-order valence-electron chi connectivity index (χ0n) is 14.4. The topological polar surface area (TPSA) is 65.2 Å². The number of H-pyrrole nitrogens is 1. The largest absolute Gasteiger partial charge is 0.361 e. The third kappa shape index (κ3) is 3.37. The van der Waals surface area contributed by atoms with Gasteiger partial charge in [0.1, 0.15) is 6.04 Å². The fourth-order valence-electron chi connectivity index (χ4n) is 3.52. The van der Waals surface area contributed by atoms with Gasteiger partial charge in [-0.1, -0.05) is 24.3 Å². The molecule has 1 aliphatic heterocycles. The van der Waals surface area contributed by atoms with Crippen molar-refractivity contribution in [1.29, 1.82) is 0 Å². The first-order valence-corrected chi connectivity index (χ1v) is 9.78. The highest BCUT2D eigenvalue weighted by atomic mass is 32.1. The normalized spacial score (nSPS) is 15.3. The van der Waals surface area contributed by atoms with Gasteiger partial charge in [0.2, 0.25) is 5.91 Å². The SMILES string of the molecule is O=C(NC(Cc1c[nH]c2ccccc12)C(=O)N1CCCC1)c1cccs1. The molecule has 26 heavy (non-hydrogen) atoms. The molecule has 6 heteroatoms. The number of nitrogens with one attached hydrogen (secondary N) is 2. The van der Waals surface area contributed by atoms with Crippen molar-refractivity contribution in [3.05, 3.63) is 58.4 Å². The van der Waals surface area contributed by atoms with E-state index in [2.05, 4.69) is 10.3 Å². The lowest BCUT2D eigenvalue weighted by Gasteiger charge is -2.24. The number of hydrogen-bond acceptors (Lipinski definition) is 3. The lowest BCUT2D eigenvalue weighted by Crippen LogP contribution is -2.48. The number of nitrogens with zero attached hydrogens (tertiary/aromatic N) is 1. The molecule has 3 heterocycles. The smallest absolute Gasteiger partial charge is 0.262 e. The minimum atomic E-state index is -0.554. The molecule has 1 aromatic carbocycles. The van der Waals surface area contributed by atoms with Gasteiger partial charge in [-0.05, 0) is 35.9 Å². The van der Waals surface area contributed by atoms with Gasteiger partial charge < -0.3 is 15.2 Å². The van der Waals surface area contributed by atoms with Crippen LogP contribution in [0.25, 0.3) is 10.9 Å². The molecule has 2 aromatic heterocycles. The van der Waals surface area contributed by atoms with Crippen LogP contribution in [0.3, 0.4) is 0 Å². The molecule has 3 aromatic rings. The van der Waals surface area contributed by atoms with Crippen LogP contribution in [0.1, 0.15) is 28.1 Å². The molecule has 1 saturated heterocycles. The highest BCUT2D eigenvalue weighted by Crippen LogP contribution is 2.21. The predicted octanol–water partition coefficient (Wildman–Crippen LogP) is 3.19. The average molecular weight is 367 g/mol. The van der Waals surface area contributed by atoms with Crippen molar-refractivity contribution in [3.8, 4) is 0 Å². The van der Waals surface area contributed by atoms with E-state index in [-0.39, 0.29) is 11.8 Å². The molecule has 2 N–H and O–H groups in total. The Balaban J connectivity index is 1.59. The maximum absolute atomic E-state index is 13.0. The Kier molecular flexibility index (Phi) is 4.75. The van der Waals surface area contributed by atoms with Gasteiger partial charge in [0.15, 0.2) is 0 Å². The molecule has 0 spiro atoms. The van der Waals surface area contributed by atoms with Crippen LogP contribution < -0.4 is 5.32 Å². The first kappa shape index (κ1) is 16.8. The number of para-hydroxylation sites is 1. The number of hydrogen-bond donors (Lipinski definition) is 2. The molecular formula is C20H21N3O2S. The molecule has 4 rings (SSSR count). The summed E-state index contributed by atoms with van der Waals surface area (Å²) in [6.45, 7) is 1.55. The van der Waals surface area contributed by atoms with Gasteiger partial charge >= 0.3 is 0 Å². The van der Waals surface area contributed by atoms with Gasteiger partial charge in [-0.3, -0.25) is 9.59 Å². The fourth-order valence-corrected chi connectivity index (χ4v) is 4.14. The van der Waals surface area contributed by atoms with Gasteiger partial charge in [-0.25, -0.2) is 0 Å². The van der Waals surface area contributed by atoms with Crippen molar-refractivity contribution in [3.63, 3.8) is 0 Å². The maximum atomic E-state index is 13.0. The highest BCUT2D eigenvalue weighted by Gasteiger charge is 2.29. The van der Waals surface area contributed by atoms with Crippen molar-refractivity contribution < 1.29 is 9.59 Å². The van der Waals surface area contributed by atoms with Crippen LogP contribution in [0.4, 0.5) is 0 Å². The standard InChI is InChI=1S/C20H21N3O2S/c24-19(18-8-5-11-26-18)22-17(20(25)23-9-3-4-10-23)12-14-13-21-16-7-2-1-6-15(14)16/h1-2,5-8,11,13,17,21H,3-4,9-10,12H2,(H,22,24). The van der Waals surface area contributed by atoms with E-state index >= 15 is 0 Å². The molecule has 1 fully saturated rings. The van der Waals surface area contributed by atoms with E-state index in [1.807, 2.05) is 46.8 Å². The monoisotopic (exact) mass is 367 g/mol. The number of aromatic nitrogens is 1. The number of rotatable bonds is 5. The zero-order valence-corrected chi connectivity index (χ0v) is 15.2. The third-order valence-electron chi connectivity index (χ3n) is 4.87. The van der Waals surface area contributed by atoms with Crippen LogP contribution in [0, 0.1) is 0 Å². The van der Waals surface area contributed by atoms with E-state index in [4.69, 9.17) is 0 Å². The number of likely N-dealkylation sites (tertiary alicyclic amines) is 1. The summed E-state index contributed by atoms with van der Waals surface area (Å²) in [5.74, 6) is -0.171.